The molecule has 2 nitrogen and oxygen atoms in total. The number of fused-ring (bicyclic) bond motifs is 10. The van der Waals surface area contributed by atoms with Crippen LogP contribution in [0.1, 0.15) is 40.2 Å². The Morgan fingerprint density at radius 3 is 1.30 bits per heavy atom. The number of allylic oxidation sites excluding steroid dienone is 7. The fraction of sp³-hybridized carbons (Fsp3) is 0.0575. The highest BCUT2D eigenvalue weighted by Crippen LogP contribution is 2.51. The molecule has 0 N–H and O–H groups in total. The van der Waals surface area contributed by atoms with Crippen LogP contribution in [0.2, 0.25) is 0 Å². The van der Waals surface area contributed by atoms with Crippen molar-refractivity contribution in [2.45, 2.75) is 34.6 Å². The number of hydrogen-bond acceptors (Lipinski definition) is 0. The van der Waals surface area contributed by atoms with Gasteiger partial charge in [0, 0.05) is 32.9 Å². The van der Waals surface area contributed by atoms with E-state index in [9.17, 15) is 0 Å². The molecule has 1 aliphatic rings. The Morgan fingerprint density at radius 2 is 0.719 bits per heavy atom. The lowest BCUT2D eigenvalue weighted by molar-refractivity contribution is 1.18. The zero-order valence-electron chi connectivity index (χ0n) is 51.8. The predicted molar refractivity (Wildman–Crippen MR) is 393 cm³/mol. The Bertz CT molecular complexity index is 4810. The van der Waals surface area contributed by atoms with E-state index >= 15 is 0 Å². The van der Waals surface area contributed by atoms with E-state index in [4.69, 9.17) is 0 Å². The predicted octanol–water partition coefficient (Wildman–Crippen LogP) is 25.4. The van der Waals surface area contributed by atoms with Gasteiger partial charge in [-0.15, -0.1) is 6.58 Å². The van der Waals surface area contributed by atoms with E-state index in [-0.39, 0.29) is 0 Å². The van der Waals surface area contributed by atoms with E-state index in [2.05, 4.69) is 296 Å². The van der Waals surface area contributed by atoms with Gasteiger partial charge >= 0.3 is 0 Å². The first kappa shape index (κ1) is 61.0. The normalized spacial score (nSPS) is 10.8. The lowest BCUT2D eigenvalue weighted by Gasteiger charge is -2.12. The Balaban J connectivity index is 0.000000327. The van der Waals surface area contributed by atoms with Crippen LogP contribution >= 0.6 is 0 Å². The highest BCUT2D eigenvalue weighted by atomic mass is 15.0. The van der Waals surface area contributed by atoms with E-state index in [0.717, 1.165) is 11.4 Å². The Labute approximate surface area is 526 Å². The average Bonchev–Trinajstić information content (AvgIpc) is 1.60. The average molecular weight is 1150 g/mol. The van der Waals surface area contributed by atoms with Gasteiger partial charge in [0.15, 0.2) is 0 Å². The van der Waals surface area contributed by atoms with Gasteiger partial charge in [0.1, 0.15) is 0 Å². The second-order valence-electron chi connectivity index (χ2n) is 21.2. The van der Waals surface area contributed by atoms with Gasteiger partial charge in [0.25, 0.3) is 0 Å². The van der Waals surface area contributed by atoms with Crippen LogP contribution in [0.25, 0.3) is 139 Å². The number of para-hydroxylation sites is 1. The van der Waals surface area contributed by atoms with Crippen molar-refractivity contribution in [2.24, 2.45) is 0 Å². The van der Waals surface area contributed by atoms with Gasteiger partial charge in [-0.3, -0.25) is 0 Å². The number of hydrogen-bond donors (Lipinski definition) is 0. The zero-order chi connectivity index (χ0) is 62.1. The summed E-state index contributed by atoms with van der Waals surface area (Å²) in [6.45, 7) is 23.4. The molecule has 14 aromatic rings. The van der Waals surface area contributed by atoms with Crippen molar-refractivity contribution < 1.29 is 0 Å². The fourth-order valence-corrected chi connectivity index (χ4v) is 11.9. The molecule has 15 rings (SSSR count). The third-order valence-electron chi connectivity index (χ3n) is 15.7. The lowest BCUT2D eigenvalue weighted by Crippen LogP contribution is -1.95. The van der Waals surface area contributed by atoms with Crippen molar-refractivity contribution in [3.63, 3.8) is 0 Å². The molecule has 2 aromatic heterocycles. The molecule has 0 atom stereocenters. The number of rotatable bonds is 9. The fourth-order valence-electron chi connectivity index (χ4n) is 11.9. The van der Waals surface area contributed by atoms with Gasteiger partial charge in [-0.25, -0.2) is 0 Å². The zero-order valence-corrected chi connectivity index (χ0v) is 51.8. The van der Waals surface area contributed by atoms with Crippen molar-refractivity contribution >= 4 is 60.5 Å². The molecule has 434 valence electrons. The largest absolute Gasteiger partial charge is 0.309 e. The first-order chi connectivity index (χ1) is 43.9. The maximum absolute atomic E-state index is 3.46. The Hall–Kier alpha value is -11.1. The molecule has 0 saturated carbocycles. The summed E-state index contributed by atoms with van der Waals surface area (Å²) in [5.41, 5.74) is 23.3. The third-order valence-corrected chi connectivity index (χ3v) is 15.7. The van der Waals surface area contributed by atoms with Crippen LogP contribution < -0.4 is 0 Å². The molecule has 0 spiro atoms. The summed E-state index contributed by atoms with van der Waals surface area (Å²) >= 11 is 0. The van der Waals surface area contributed by atoms with Gasteiger partial charge in [-0.2, -0.15) is 0 Å². The highest BCUT2D eigenvalue weighted by molar-refractivity contribution is 6.29. The van der Waals surface area contributed by atoms with Gasteiger partial charge in [0.05, 0.1) is 22.1 Å². The lowest BCUT2D eigenvalue weighted by atomic mass is 9.96. The maximum Gasteiger partial charge on any atom is 0.0553 e. The first-order valence-corrected chi connectivity index (χ1v) is 30.7. The Morgan fingerprint density at radius 1 is 0.281 bits per heavy atom. The number of benzene rings is 12. The van der Waals surface area contributed by atoms with Crippen molar-refractivity contribution in [3.8, 4) is 78.1 Å². The van der Waals surface area contributed by atoms with E-state index in [0.29, 0.717) is 0 Å². The van der Waals surface area contributed by atoms with Gasteiger partial charge in [0.2, 0.25) is 0 Å². The molecule has 0 saturated heterocycles. The molecule has 0 unspecified atom stereocenters. The summed E-state index contributed by atoms with van der Waals surface area (Å²) in [7, 11) is 0. The van der Waals surface area contributed by atoms with Crippen LogP contribution in [0.3, 0.4) is 0 Å². The van der Waals surface area contributed by atoms with Crippen molar-refractivity contribution in [1.82, 2.24) is 9.13 Å². The van der Waals surface area contributed by atoms with Crippen LogP contribution in [0.4, 0.5) is 0 Å². The summed E-state index contributed by atoms with van der Waals surface area (Å²) < 4.78 is 4.91. The van der Waals surface area contributed by atoms with Crippen LogP contribution in [0, 0.1) is 0 Å². The van der Waals surface area contributed by atoms with Crippen molar-refractivity contribution in [1.29, 1.82) is 0 Å². The van der Waals surface area contributed by atoms with Crippen LogP contribution in [-0.2, 0) is 0 Å². The second-order valence-corrected chi connectivity index (χ2v) is 21.2. The molecule has 12 aromatic carbocycles. The summed E-state index contributed by atoms with van der Waals surface area (Å²) in [5, 5.41) is 7.67. The summed E-state index contributed by atoms with van der Waals surface area (Å²) in [6.07, 6.45) is 14.7. The molecule has 0 bridgehead atoms. The van der Waals surface area contributed by atoms with Crippen LogP contribution in [0.15, 0.2) is 342 Å². The summed E-state index contributed by atoms with van der Waals surface area (Å²) in [6, 6.07) is 99.7. The molecule has 2 heterocycles. The number of aromatic nitrogens is 2. The topological polar surface area (TPSA) is 9.86 Å². The standard InChI is InChI=1S/C64H40N2.C9H10.C5H8.C4H6.C3H6.C2H6/c1-3-14-41(15-4-1)44-18-11-19-45(36-44)43-28-32-49(33-29-43)65-59-27-10-9-24-53(59)56-38-47(30-34-60(56)65)48-31-35-61-58(39-48)64-55-26-13-25-54-51-22-7-8-23-52(51)57(63(54)55)40-62(64)66(61)50-21-12-20-46(37-50)42-16-5-2-6-17-42;1-2-6-9-7-4-3-5-8-9;1-3-5-4-2;1-3-4-2;1-3-2;1-2/h1-40H;2-8H,1H3;3-5H,1H2,2H3;3-4H,1-2H2;3H,1H2,2H3;1-2H3/b;6-2+;5-4-;;;. The minimum atomic E-state index is 1.15. The molecule has 1 aliphatic carbocycles. The summed E-state index contributed by atoms with van der Waals surface area (Å²) in [4.78, 5) is 0. The minimum Gasteiger partial charge on any atom is -0.309 e. The van der Waals surface area contributed by atoms with Crippen LogP contribution in [-0.4, -0.2) is 9.13 Å². The first-order valence-electron chi connectivity index (χ1n) is 30.7. The monoisotopic (exact) mass is 1150 g/mol. The van der Waals surface area contributed by atoms with E-state index in [1.165, 1.54) is 127 Å². The molecule has 0 amide bonds. The molecule has 89 heavy (non-hydrogen) atoms. The van der Waals surface area contributed by atoms with Crippen LogP contribution in [0.5, 0.6) is 0 Å². The maximum atomic E-state index is 3.46. The molecule has 2 heteroatoms. The van der Waals surface area contributed by atoms with Crippen molar-refractivity contribution in [2.75, 3.05) is 0 Å². The van der Waals surface area contributed by atoms with Gasteiger partial charge in [-0.1, -0.05) is 288 Å². The SMILES string of the molecule is C/C=C/c1ccccc1.C=C/C=C\C.C=CC.C=CC=C.CC.c1ccc(-c2cccc(-c3ccc(-n4c5ccccc5c5cc(-c6ccc7c(c6)c6c8cccc9c8c(cc6n7-c6cccc(-c7ccccc7)c6)-c6ccccc6-9)ccc54)cc3)c2)cc1. The molecule has 0 fully saturated rings. The highest BCUT2D eigenvalue weighted by Gasteiger charge is 2.26. The van der Waals surface area contributed by atoms with E-state index in [1.54, 1.807) is 24.3 Å². The molecule has 0 radical (unpaired) electrons. The van der Waals surface area contributed by atoms with Gasteiger partial charge < -0.3 is 9.13 Å². The van der Waals surface area contributed by atoms with E-state index in [1.807, 2.05) is 71.0 Å². The second kappa shape index (κ2) is 29.4. The van der Waals surface area contributed by atoms with Crippen molar-refractivity contribution in [3.05, 3.63) is 347 Å². The van der Waals surface area contributed by atoms with Gasteiger partial charge in [-0.05, 0) is 171 Å². The quantitative estimate of drug-likeness (QED) is 0.101. The molecular formula is C87H76N2. The minimum absolute atomic E-state index is 1.15. The number of nitrogens with zero attached hydrogens (tertiary/aromatic N) is 2. The Kier molecular flexibility index (Phi) is 20.1. The van der Waals surface area contributed by atoms with E-state index < -0.39 is 0 Å². The molecule has 0 aliphatic heterocycles. The molecular weight excluding hydrogens is 1070 g/mol. The third kappa shape index (κ3) is 12.9. The summed E-state index contributed by atoms with van der Waals surface area (Å²) in [5.74, 6) is 0. The smallest absolute Gasteiger partial charge is 0.0553 e.